The van der Waals surface area contributed by atoms with Crippen LogP contribution in [0, 0.1) is 0 Å². The molecular formula is C66H139N. The van der Waals surface area contributed by atoms with E-state index in [9.17, 15) is 0 Å². The van der Waals surface area contributed by atoms with Crippen LogP contribution >= 0.6 is 0 Å². The number of hydrogen-bond acceptors (Lipinski definition) is 1. The van der Waals surface area contributed by atoms with Gasteiger partial charge in [0.05, 0.1) is 0 Å². The van der Waals surface area contributed by atoms with E-state index in [4.69, 9.17) is 0 Å². The SMILES string of the molecule is CCCCCCCCCCCCCC.CCCCCCCCCCCCCCCCCCCCCCCCCCC.CCCCCCCCCCCCCNCCCCCCCCCCCC. The Morgan fingerprint density at radius 3 is 0.313 bits per heavy atom. The maximum atomic E-state index is 3.64. The molecule has 0 saturated heterocycles. The van der Waals surface area contributed by atoms with Crippen LogP contribution in [0.4, 0.5) is 0 Å². The van der Waals surface area contributed by atoms with Gasteiger partial charge in [-0.2, -0.15) is 0 Å². The number of hydrogen-bond donors (Lipinski definition) is 1. The van der Waals surface area contributed by atoms with Gasteiger partial charge >= 0.3 is 0 Å². The van der Waals surface area contributed by atoms with Crippen molar-refractivity contribution >= 4 is 0 Å². The smallest absolute Gasteiger partial charge is 0.00489 e. The van der Waals surface area contributed by atoms with Crippen molar-refractivity contribution in [2.45, 2.75) is 414 Å². The summed E-state index contributed by atoms with van der Waals surface area (Å²) in [5, 5.41) is 3.64. The molecular weight excluding hydrogens is 807 g/mol. The van der Waals surface area contributed by atoms with Gasteiger partial charge < -0.3 is 5.32 Å². The monoisotopic (exact) mass is 946 g/mol. The van der Waals surface area contributed by atoms with Crippen molar-refractivity contribution in [3.05, 3.63) is 0 Å². The fourth-order valence-corrected chi connectivity index (χ4v) is 9.90. The first-order valence-corrected chi connectivity index (χ1v) is 32.9. The van der Waals surface area contributed by atoms with E-state index in [1.807, 2.05) is 0 Å². The Balaban J connectivity index is -0.000000963. The fraction of sp³-hybridized carbons (Fsp3) is 1.00. The van der Waals surface area contributed by atoms with E-state index in [1.165, 1.54) is 385 Å². The van der Waals surface area contributed by atoms with Crippen molar-refractivity contribution in [3.8, 4) is 0 Å². The molecule has 0 aromatic carbocycles. The Labute approximate surface area is 430 Å². The first-order valence-electron chi connectivity index (χ1n) is 32.9. The highest BCUT2D eigenvalue weighted by atomic mass is 14.8. The summed E-state index contributed by atoms with van der Waals surface area (Å²) in [6.45, 7) is 16.3. The molecule has 0 bridgehead atoms. The zero-order valence-corrected chi connectivity index (χ0v) is 48.9. The highest BCUT2D eigenvalue weighted by Crippen LogP contribution is 2.17. The molecule has 67 heavy (non-hydrogen) atoms. The molecule has 0 fully saturated rings. The zero-order chi connectivity index (χ0) is 49.1. The van der Waals surface area contributed by atoms with E-state index < -0.39 is 0 Å². The van der Waals surface area contributed by atoms with Gasteiger partial charge in [0, 0.05) is 0 Å². The fourth-order valence-electron chi connectivity index (χ4n) is 9.90. The van der Waals surface area contributed by atoms with E-state index in [1.54, 1.807) is 0 Å². The van der Waals surface area contributed by atoms with E-state index >= 15 is 0 Å². The lowest BCUT2D eigenvalue weighted by atomic mass is 10.0. The van der Waals surface area contributed by atoms with Crippen molar-refractivity contribution in [1.29, 1.82) is 0 Å². The maximum Gasteiger partial charge on any atom is -0.00489 e. The van der Waals surface area contributed by atoms with Gasteiger partial charge in [-0.25, -0.2) is 0 Å². The Morgan fingerprint density at radius 2 is 0.209 bits per heavy atom. The Bertz CT molecular complexity index is 671. The van der Waals surface area contributed by atoms with Gasteiger partial charge in [-0.05, 0) is 25.9 Å². The van der Waals surface area contributed by atoms with Crippen LogP contribution in [0.5, 0.6) is 0 Å². The second-order valence-corrected chi connectivity index (χ2v) is 22.1. The minimum atomic E-state index is 1.24. The van der Waals surface area contributed by atoms with E-state index in [-0.39, 0.29) is 0 Å². The molecule has 0 radical (unpaired) electrons. The first kappa shape index (κ1) is 71.2. The Hall–Kier alpha value is -0.0400. The lowest BCUT2D eigenvalue weighted by Gasteiger charge is -2.05. The largest absolute Gasteiger partial charge is 0.317 e. The van der Waals surface area contributed by atoms with Crippen LogP contribution in [0.1, 0.15) is 414 Å². The van der Waals surface area contributed by atoms with Crippen LogP contribution in [0.3, 0.4) is 0 Å². The summed E-state index contributed by atoms with van der Waals surface area (Å²) in [4.78, 5) is 0. The maximum absolute atomic E-state index is 3.64. The molecule has 0 spiro atoms. The van der Waals surface area contributed by atoms with E-state index in [0.717, 1.165) is 0 Å². The average Bonchev–Trinajstić information content (AvgIpc) is 3.34. The predicted octanol–water partition coefficient (Wildman–Crippen LogP) is 25.3. The molecule has 0 rings (SSSR count). The van der Waals surface area contributed by atoms with Gasteiger partial charge in [0.2, 0.25) is 0 Å². The van der Waals surface area contributed by atoms with Gasteiger partial charge in [0.25, 0.3) is 0 Å². The third-order valence-electron chi connectivity index (χ3n) is 14.8. The molecule has 0 aromatic heterocycles. The van der Waals surface area contributed by atoms with Crippen molar-refractivity contribution < 1.29 is 0 Å². The van der Waals surface area contributed by atoms with Gasteiger partial charge in [0.15, 0.2) is 0 Å². The van der Waals surface area contributed by atoms with Gasteiger partial charge in [-0.3, -0.25) is 0 Å². The molecule has 1 N–H and O–H groups in total. The molecule has 0 saturated carbocycles. The second kappa shape index (κ2) is 74.9. The summed E-state index contributed by atoms with van der Waals surface area (Å²) in [6, 6.07) is 0. The molecule has 408 valence electrons. The molecule has 0 amide bonds. The van der Waals surface area contributed by atoms with Crippen LogP contribution in [0.25, 0.3) is 0 Å². The summed E-state index contributed by atoms with van der Waals surface area (Å²) in [6.07, 6.45) is 84.6. The Morgan fingerprint density at radius 1 is 0.119 bits per heavy atom. The lowest BCUT2D eigenvalue weighted by molar-refractivity contribution is 0.517. The topological polar surface area (TPSA) is 12.0 Å². The highest BCUT2D eigenvalue weighted by Gasteiger charge is 1.98. The van der Waals surface area contributed by atoms with E-state index in [0.29, 0.717) is 0 Å². The average molecular weight is 947 g/mol. The third kappa shape index (κ3) is 80.3. The molecule has 0 aliphatic heterocycles. The van der Waals surface area contributed by atoms with Crippen LogP contribution in [0.2, 0.25) is 0 Å². The van der Waals surface area contributed by atoms with Crippen LogP contribution < -0.4 is 5.32 Å². The normalized spacial score (nSPS) is 11.2. The summed E-state index contributed by atoms with van der Waals surface area (Å²) in [5.74, 6) is 0. The zero-order valence-electron chi connectivity index (χ0n) is 48.9. The standard InChI is InChI=1S/C27H56.C25H53N.C14H30/c1-3-5-7-9-11-13-15-17-19-21-23-25-27-26-24-22-20-18-16-14-12-10-8-6-4-2;1-3-5-7-9-11-13-15-17-19-21-23-25-26-24-22-20-18-16-14-12-10-8-6-4-2;1-3-5-7-9-11-13-14-12-10-8-6-4-2/h3-27H2,1-2H3;26H,3-25H2,1-2H3;3-14H2,1-2H3. The van der Waals surface area contributed by atoms with Crippen molar-refractivity contribution in [2.24, 2.45) is 0 Å². The molecule has 0 aromatic rings. The second-order valence-electron chi connectivity index (χ2n) is 22.1. The summed E-state index contributed by atoms with van der Waals surface area (Å²) in [7, 11) is 0. The van der Waals surface area contributed by atoms with Crippen molar-refractivity contribution in [2.75, 3.05) is 13.1 Å². The van der Waals surface area contributed by atoms with Crippen LogP contribution in [-0.4, -0.2) is 13.1 Å². The van der Waals surface area contributed by atoms with Crippen LogP contribution in [0.15, 0.2) is 0 Å². The minimum absolute atomic E-state index is 1.24. The van der Waals surface area contributed by atoms with Crippen molar-refractivity contribution in [1.82, 2.24) is 5.32 Å². The molecule has 1 nitrogen and oxygen atoms in total. The molecule has 0 aliphatic carbocycles. The Kier molecular flexibility index (Phi) is 79.6. The highest BCUT2D eigenvalue weighted by molar-refractivity contribution is 4.55. The number of rotatable bonds is 58. The summed E-state index contributed by atoms with van der Waals surface area (Å²) >= 11 is 0. The molecule has 0 atom stereocenters. The lowest BCUT2D eigenvalue weighted by Crippen LogP contribution is -2.16. The van der Waals surface area contributed by atoms with Crippen LogP contribution in [-0.2, 0) is 0 Å². The van der Waals surface area contributed by atoms with Gasteiger partial charge in [-0.15, -0.1) is 0 Å². The molecule has 0 heterocycles. The predicted molar refractivity (Wildman–Crippen MR) is 315 cm³/mol. The third-order valence-corrected chi connectivity index (χ3v) is 14.8. The molecule has 0 aliphatic rings. The van der Waals surface area contributed by atoms with Gasteiger partial charge in [0.1, 0.15) is 0 Å². The number of unbranched alkanes of at least 4 members (excludes halogenated alkanes) is 54. The van der Waals surface area contributed by atoms with E-state index in [2.05, 4.69) is 46.9 Å². The van der Waals surface area contributed by atoms with Crippen molar-refractivity contribution in [3.63, 3.8) is 0 Å². The number of nitrogens with one attached hydrogen (secondary N) is 1. The quantitative estimate of drug-likeness (QED) is 0.0599. The summed E-state index contributed by atoms with van der Waals surface area (Å²) in [5.41, 5.74) is 0. The molecule has 1 heteroatoms. The molecule has 0 unspecified atom stereocenters. The minimum Gasteiger partial charge on any atom is -0.317 e. The summed E-state index contributed by atoms with van der Waals surface area (Å²) < 4.78 is 0. The first-order chi connectivity index (χ1) is 33.2. The van der Waals surface area contributed by atoms with Gasteiger partial charge in [-0.1, -0.05) is 401 Å².